The molecule has 5 aliphatic rings. The number of hydrogen-bond acceptors (Lipinski definition) is 2. The van der Waals surface area contributed by atoms with Gasteiger partial charge >= 0.3 is 0 Å². The summed E-state index contributed by atoms with van der Waals surface area (Å²) in [5, 5.41) is 22.5. The third-order valence-electron chi connectivity index (χ3n) is 12.9. The van der Waals surface area contributed by atoms with E-state index in [1.54, 1.807) is 0 Å². The molecular weight excluding hydrogens is 380 g/mol. The minimum Gasteiger partial charge on any atom is -0.393 e. The Kier molecular flexibility index (Phi) is 5.10. The summed E-state index contributed by atoms with van der Waals surface area (Å²) in [6.07, 6.45) is 11.1. The Morgan fingerprint density at radius 2 is 1.61 bits per heavy atom. The van der Waals surface area contributed by atoms with Crippen molar-refractivity contribution >= 4 is 0 Å². The largest absolute Gasteiger partial charge is 0.393 e. The van der Waals surface area contributed by atoms with Crippen molar-refractivity contribution in [2.45, 2.75) is 118 Å². The van der Waals surface area contributed by atoms with Crippen LogP contribution in [0.15, 0.2) is 0 Å². The van der Waals surface area contributed by atoms with Gasteiger partial charge in [0.05, 0.1) is 12.2 Å². The predicted molar refractivity (Wildman–Crippen MR) is 127 cm³/mol. The van der Waals surface area contributed by atoms with E-state index in [2.05, 4.69) is 48.5 Å². The summed E-state index contributed by atoms with van der Waals surface area (Å²) < 4.78 is 0. The quantitative estimate of drug-likeness (QED) is 0.510. The monoisotopic (exact) mass is 430 g/mol. The van der Waals surface area contributed by atoms with Crippen LogP contribution in [0.4, 0.5) is 0 Å². The molecule has 0 saturated heterocycles. The fraction of sp³-hybridized carbons (Fsp3) is 1.00. The fourth-order valence-electron chi connectivity index (χ4n) is 11.4. The van der Waals surface area contributed by atoms with Crippen LogP contribution in [0.5, 0.6) is 0 Å². The number of aliphatic hydroxyl groups is 2. The van der Waals surface area contributed by atoms with Crippen molar-refractivity contribution in [1.82, 2.24) is 0 Å². The molecule has 0 aromatic carbocycles. The van der Waals surface area contributed by atoms with E-state index in [9.17, 15) is 10.2 Å². The van der Waals surface area contributed by atoms with E-state index >= 15 is 0 Å². The highest BCUT2D eigenvalue weighted by molar-refractivity contribution is 5.35. The predicted octanol–water partition coefficient (Wildman–Crippen LogP) is 6.69. The second-order valence-corrected chi connectivity index (χ2v) is 14.4. The summed E-state index contributed by atoms with van der Waals surface area (Å²) in [6, 6.07) is 0. The first-order valence-corrected chi connectivity index (χ1v) is 13.8. The first-order valence-electron chi connectivity index (χ1n) is 13.8. The molecule has 1 spiro atoms. The lowest BCUT2D eigenvalue weighted by Crippen LogP contribution is -2.56. The maximum atomic E-state index is 11.7. The summed E-state index contributed by atoms with van der Waals surface area (Å²) in [6.45, 7) is 17.0. The van der Waals surface area contributed by atoms with Gasteiger partial charge in [-0.15, -0.1) is 0 Å². The summed E-state index contributed by atoms with van der Waals surface area (Å²) >= 11 is 0. The Bertz CT molecular complexity index is 714. The Balaban J connectivity index is 1.37. The molecule has 2 N–H and O–H groups in total. The summed E-state index contributed by atoms with van der Waals surface area (Å²) in [5.74, 6) is 5.00. The second kappa shape index (κ2) is 6.97. The van der Waals surface area contributed by atoms with Crippen molar-refractivity contribution in [1.29, 1.82) is 0 Å². The van der Waals surface area contributed by atoms with E-state index < -0.39 is 0 Å². The molecule has 5 saturated carbocycles. The Hall–Kier alpha value is -0.0800. The van der Waals surface area contributed by atoms with Gasteiger partial charge in [-0.1, -0.05) is 67.7 Å². The highest BCUT2D eigenvalue weighted by Gasteiger charge is 2.87. The van der Waals surface area contributed by atoms with Gasteiger partial charge in [-0.05, 0) is 102 Å². The molecule has 0 amide bonds. The molecule has 5 fully saturated rings. The van der Waals surface area contributed by atoms with E-state index in [0.29, 0.717) is 34.5 Å². The lowest BCUT2D eigenvalue weighted by atomic mass is 9.47. The first-order chi connectivity index (χ1) is 14.4. The van der Waals surface area contributed by atoms with E-state index in [4.69, 9.17) is 0 Å². The molecule has 0 unspecified atom stereocenters. The molecular formula is C29H50O2. The maximum Gasteiger partial charge on any atom is 0.0599 e. The highest BCUT2D eigenvalue weighted by atomic mass is 16.3. The smallest absolute Gasteiger partial charge is 0.0599 e. The fourth-order valence-corrected chi connectivity index (χ4v) is 11.4. The minimum atomic E-state index is -0.189. The molecule has 31 heavy (non-hydrogen) atoms. The van der Waals surface area contributed by atoms with E-state index in [1.165, 1.54) is 44.9 Å². The number of rotatable bonds is 5. The number of hydrogen-bond donors (Lipinski definition) is 2. The van der Waals surface area contributed by atoms with Crippen LogP contribution in [0, 0.1) is 63.1 Å². The van der Waals surface area contributed by atoms with Crippen molar-refractivity contribution in [3.63, 3.8) is 0 Å². The third-order valence-corrected chi connectivity index (χ3v) is 12.9. The van der Waals surface area contributed by atoms with Gasteiger partial charge < -0.3 is 10.2 Å². The van der Waals surface area contributed by atoms with Gasteiger partial charge in [-0.2, -0.15) is 0 Å². The van der Waals surface area contributed by atoms with Crippen LogP contribution >= 0.6 is 0 Å². The standard InChI is InChI=1S/C29H50O2/c1-17(2)9-8-10-18(3)19-11-12-20-25-21(13-14-27(19,20)6)28(7)23-15-24(31)26(4,5)29(23,28)16-22(25)30/h17-25,30-31H,8-16H2,1-7H3/t18-,19-,20+,21+,22-,23+,24+,25+,27-,28+,29-/m1/s1. The van der Waals surface area contributed by atoms with Gasteiger partial charge in [-0.25, -0.2) is 0 Å². The molecule has 0 aliphatic heterocycles. The second-order valence-electron chi connectivity index (χ2n) is 14.4. The summed E-state index contributed by atoms with van der Waals surface area (Å²) in [7, 11) is 0. The summed E-state index contributed by atoms with van der Waals surface area (Å²) in [5.41, 5.74) is 0.902. The molecule has 0 bridgehead atoms. The lowest BCUT2D eigenvalue weighted by molar-refractivity contribution is -0.148. The molecule has 0 heterocycles. The SMILES string of the molecule is CC(C)CCC[C@@H](C)[C@H]1CC[C@H]2[C@@H]3[C@H](O)C[C@@]45[C@@H](C[C@H](O)C4(C)C)[C@]5(C)[C@H]3CC[C@]12C. The van der Waals surface area contributed by atoms with Crippen molar-refractivity contribution in [3.8, 4) is 0 Å². The molecule has 5 rings (SSSR count). The van der Waals surface area contributed by atoms with Gasteiger partial charge in [0.15, 0.2) is 0 Å². The first kappa shape index (κ1) is 22.7. The molecule has 0 aromatic heterocycles. The summed E-state index contributed by atoms with van der Waals surface area (Å²) in [4.78, 5) is 0. The zero-order chi connectivity index (χ0) is 22.6. The lowest BCUT2D eigenvalue weighted by Gasteiger charge is -2.58. The highest BCUT2D eigenvalue weighted by Crippen LogP contribution is 2.90. The molecule has 178 valence electrons. The van der Waals surface area contributed by atoms with Crippen molar-refractivity contribution in [2.24, 2.45) is 63.1 Å². The van der Waals surface area contributed by atoms with Crippen molar-refractivity contribution in [3.05, 3.63) is 0 Å². The Morgan fingerprint density at radius 1 is 0.903 bits per heavy atom. The molecule has 11 atom stereocenters. The van der Waals surface area contributed by atoms with E-state index in [1.807, 2.05) is 0 Å². The zero-order valence-electron chi connectivity index (χ0n) is 21.5. The van der Waals surface area contributed by atoms with Gasteiger partial charge in [0, 0.05) is 0 Å². The van der Waals surface area contributed by atoms with Crippen LogP contribution in [0.1, 0.15) is 106 Å². The number of fused-ring (bicyclic) bond motifs is 5. The normalized spacial score (nSPS) is 55.4. The van der Waals surface area contributed by atoms with Crippen LogP contribution in [-0.4, -0.2) is 22.4 Å². The molecule has 2 nitrogen and oxygen atoms in total. The number of aliphatic hydroxyl groups excluding tert-OH is 2. The van der Waals surface area contributed by atoms with E-state index in [-0.39, 0.29) is 23.0 Å². The van der Waals surface area contributed by atoms with Gasteiger partial charge in [0.1, 0.15) is 0 Å². The minimum absolute atomic E-state index is 0.0533. The van der Waals surface area contributed by atoms with Crippen LogP contribution < -0.4 is 0 Å². The van der Waals surface area contributed by atoms with Gasteiger partial charge in [0.2, 0.25) is 0 Å². The zero-order valence-corrected chi connectivity index (χ0v) is 21.5. The average Bonchev–Trinajstić information content (AvgIpc) is 2.93. The van der Waals surface area contributed by atoms with Crippen molar-refractivity contribution < 1.29 is 10.2 Å². The van der Waals surface area contributed by atoms with E-state index in [0.717, 1.165) is 30.6 Å². The molecule has 5 aliphatic carbocycles. The third kappa shape index (κ3) is 2.64. The Labute approximate surface area is 192 Å². The van der Waals surface area contributed by atoms with Gasteiger partial charge in [0.25, 0.3) is 0 Å². The van der Waals surface area contributed by atoms with Crippen LogP contribution in [0.25, 0.3) is 0 Å². The van der Waals surface area contributed by atoms with Crippen LogP contribution in [-0.2, 0) is 0 Å². The Morgan fingerprint density at radius 3 is 2.29 bits per heavy atom. The topological polar surface area (TPSA) is 40.5 Å². The average molecular weight is 431 g/mol. The molecule has 0 aromatic rings. The van der Waals surface area contributed by atoms with Crippen LogP contribution in [0.3, 0.4) is 0 Å². The van der Waals surface area contributed by atoms with Crippen molar-refractivity contribution in [2.75, 3.05) is 0 Å². The molecule has 0 radical (unpaired) electrons. The van der Waals surface area contributed by atoms with Gasteiger partial charge in [-0.3, -0.25) is 0 Å². The maximum absolute atomic E-state index is 11.7. The molecule has 2 heteroatoms. The van der Waals surface area contributed by atoms with Crippen LogP contribution in [0.2, 0.25) is 0 Å².